The Morgan fingerprint density at radius 3 is 2.33 bits per heavy atom. The molecule has 0 aromatic rings. The minimum Gasteiger partial charge on any atom is -0.119 e. The highest BCUT2D eigenvalue weighted by Crippen LogP contribution is 1.99. The maximum absolute atomic E-state index is 5.23. The summed E-state index contributed by atoms with van der Waals surface area (Å²) in [5.74, 6) is 3.42. The number of halogens is 2. The van der Waals surface area contributed by atoms with Gasteiger partial charge in [-0.05, 0) is 0 Å². The van der Waals surface area contributed by atoms with E-state index in [9.17, 15) is 0 Å². The first kappa shape index (κ1) is 6.14. The van der Waals surface area contributed by atoms with Crippen LogP contribution in [0.15, 0.2) is 0 Å². The van der Waals surface area contributed by atoms with Crippen LogP contribution in [0.2, 0.25) is 0 Å². The molecule has 0 fully saturated rings. The van der Waals surface area contributed by atoms with Gasteiger partial charge in [-0.25, -0.2) is 0 Å². The molecule has 0 bridgehead atoms. The summed E-state index contributed by atoms with van der Waals surface area (Å²) in [6, 6.07) is 0. The molecule has 1 radical (unpaired) electrons. The third-order valence-electron chi connectivity index (χ3n) is 0.270. The van der Waals surface area contributed by atoms with Gasteiger partial charge >= 0.3 is 0 Å². The van der Waals surface area contributed by atoms with Gasteiger partial charge in [0.1, 0.15) is 5.38 Å². The summed E-state index contributed by atoms with van der Waals surface area (Å²) < 4.78 is 0. The zero-order valence-corrected chi connectivity index (χ0v) is 4.50. The van der Waals surface area contributed by atoms with Gasteiger partial charge < -0.3 is 0 Å². The molecule has 0 rings (SSSR count). The Morgan fingerprint density at radius 2 is 2.33 bits per heavy atom. The van der Waals surface area contributed by atoms with Crippen LogP contribution in [-0.2, 0) is 0 Å². The number of hydrogen-bond donors (Lipinski definition) is 0. The molecular weight excluding hydrogens is 119 g/mol. The maximum atomic E-state index is 5.23. The Labute approximate surface area is 47.4 Å². The Balaban J connectivity index is 3.04. The number of hydrogen-bond acceptors (Lipinski definition) is 0. The van der Waals surface area contributed by atoms with Gasteiger partial charge in [0.2, 0.25) is 0 Å². The van der Waals surface area contributed by atoms with Crippen LogP contribution in [0.1, 0.15) is 0 Å². The van der Waals surface area contributed by atoms with Crippen molar-refractivity contribution in [1.82, 2.24) is 0 Å². The number of alkyl halides is 1. The van der Waals surface area contributed by atoms with E-state index >= 15 is 0 Å². The fraction of sp³-hybridized carbons (Fsp3) is 0.250. The summed E-state index contributed by atoms with van der Waals surface area (Å²) in [6.07, 6.45) is 4.78. The second kappa shape index (κ2) is 3.33. The molecule has 0 N–H and O–H groups in total. The van der Waals surface area contributed by atoms with Gasteiger partial charge in [-0.1, -0.05) is 5.92 Å². The van der Waals surface area contributed by atoms with E-state index in [-0.39, 0.29) is 0 Å². The van der Waals surface area contributed by atoms with E-state index in [4.69, 9.17) is 29.6 Å². The summed E-state index contributed by atoms with van der Waals surface area (Å²) in [4.78, 5) is 0. The molecular formula is C4H3Cl2. The first-order valence-corrected chi connectivity index (χ1v) is 2.22. The minimum atomic E-state index is -0.424. The lowest BCUT2D eigenvalue weighted by molar-refractivity contribution is 1.44. The number of rotatable bonds is 1. The zero-order chi connectivity index (χ0) is 4.99. The Morgan fingerprint density at radius 1 is 1.83 bits per heavy atom. The van der Waals surface area contributed by atoms with Crippen molar-refractivity contribution in [2.75, 3.05) is 0 Å². The third kappa shape index (κ3) is 2.38. The average molecular weight is 122 g/mol. The van der Waals surface area contributed by atoms with E-state index in [2.05, 4.69) is 5.92 Å². The molecule has 0 spiro atoms. The molecule has 0 aromatic carbocycles. The van der Waals surface area contributed by atoms with Gasteiger partial charge in [-0.3, -0.25) is 0 Å². The molecule has 1 unspecified atom stereocenters. The van der Waals surface area contributed by atoms with E-state index in [1.165, 1.54) is 5.88 Å². The quantitative estimate of drug-likeness (QED) is 0.366. The normalized spacial score (nSPS) is 12.8. The van der Waals surface area contributed by atoms with Gasteiger partial charge in [0, 0.05) is 0 Å². The highest BCUT2D eigenvalue weighted by molar-refractivity contribution is 6.33. The lowest BCUT2D eigenvalue weighted by atomic mass is 10.5. The second-order valence-electron chi connectivity index (χ2n) is 0.694. The maximum Gasteiger partial charge on any atom is 0.112 e. The van der Waals surface area contributed by atoms with E-state index in [0.717, 1.165) is 0 Å². The molecule has 2 heteroatoms. The van der Waals surface area contributed by atoms with Crippen LogP contribution in [0.3, 0.4) is 0 Å². The Kier molecular flexibility index (Phi) is 3.41. The fourth-order valence-corrected chi connectivity index (χ4v) is 0.109. The molecule has 6 heavy (non-hydrogen) atoms. The Hall–Kier alpha value is 0.140. The van der Waals surface area contributed by atoms with Crippen molar-refractivity contribution in [3.05, 3.63) is 5.88 Å². The third-order valence-corrected chi connectivity index (χ3v) is 0.903. The van der Waals surface area contributed by atoms with Crippen molar-refractivity contribution in [3.63, 3.8) is 0 Å². The standard InChI is InChI=1S/C4H3Cl2/c1-2-4(6)3-5/h1,3-4H. The van der Waals surface area contributed by atoms with Crippen LogP contribution in [0.5, 0.6) is 0 Å². The van der Waals surface area contributed by atoms with Gasteiger partial charge in [0.15, 0.2) is 0 Å². The molecule has 0 aromatic heterocycles. The molecule has 0 aliphatic heterocycles. The van der Waals surface area contributed by atoms with Crippen molar-refractivity contribution in [2.45, 2.75) is 5.38 Å². The topological polar surface area (TPSA) is 0 Å². The van der Waals surface area contributed by atoms with Crippen LogP contribution in [-0.4, -0.2) is 5.38 Å². The van der Waals surface area contributed by atoms with Crippen molar-refractivity contribution in [1.29, 1.82) is 0 Å². The highest BCUT2D eigenvalue weighted by atomic mass is 35.5. The summed E-state index contributed by atoms with van der Waals surface area (Å²) in [7, 11) is 0. The minimum absolute atomic E-state index is 0.424. The van der Waals surface area contributed by atoms with Gasteiger partial charge in [0.25, 0.3) is 0 Å². The van der Waals surface area contributed by atoms with Crippen molar-refractivity contribution in [3.8, 4) is 12.3 Å². The summed E-state index contributed by atoms with van der Waals surface area (Å²) in [5.41, 5.74) is 0. The molecule has 33 valence electrons. The monoisotopic (exact) mass is 121 g/mol. The van der Waals surface area contributed by atoms with E-state index in [0.29, 0.717) is 0 Å². The van der Waals surface area contributed by atoms with Gasteiger partial charge in [-0.15, -0.1) is 29.6 Å². The molecule has 1 atom stereocenters. The largest absolute Gasteiger partial charge is 0.119 e. The molecule has 0 heterocycles. The molecule has 0 aliphatic rings. The summed E-state index contributed by atoms with van der Waals surface area (Å²) >= 11 is 10.3. The fourth-order valence-electron chi connectivity index (χ4n) is 0.0364. The highest BCUT2D eigenvalue weighted by Gasteiger charge is 1.91. The summed E-state index contributed by atoms with van der Waals surface area (Å²) in [5, 5.41) is -0.424. The molecule has 0 amide bonds. The lowest BCUT2D eigenvalue weighted by Gasteiger charge is -1.84. The van der Waals surface area contributed by atoms with Crippen molar-refractivity contribution >= 4 is 23.2 Å². The summed E-state index contributed by atoms with van der Waals surface area (Å²) in [6.45, 7) is 0. The SMILES string of the molecule is C#CC(Cl)[CH]Cl. The van der Waals surface area contributed by atoms with Crippen LogP contribution in [0.25, 0.3) is 0 Å². The smallest absolute Gasteiger partial charge is 0.112 e. The van der Waals surface area contributed by atoms with Crippen molar-refractivity contribution < 1.29 is 0 Å². The van der Waals surface area contributed by atoms with E-state index < -0.39 is 5.38 Å². The van der Waals surface area contributed by atoms with Crippen LogP contribution in [0, 0.1) is 18.2 Å². The zero-order valence-electron chi connectivity index (χ0n) is 2.99. The molecule has 0 aliphatic carbocycles. The first-order valence-electron chi connectivity index (χ1n) is 1.35. The molecule has 0 saturated carbocycles. The van der Waals surface area contributed by atoms with E-state index in [1.807, 2.05) is 0 Å². The van der Waals surface area contributed by atoms with Gasteiger partial charge in [-0.2, -0.15) is 0 Å². The van der Waals surface area contributed by atoms with Crippen LogP contribution in [0.4, 0.5) is 0 Å². The van der Waals surface area contributed by atoms with Crippen LogP contribution < -0.4 is 0 Å². The Bertz CT molecular complexity index is 62.4. The number of terminal acetylenes is 1. The van der Waals surface area contributed by atoms with Gasteiger partial charge in [0.05, 0.1) is 5.88 Å². The predicted octanol–water partition coefficient (Wildman–Crippen LogP) is 1.63. The first-order chi connectivity index (χ1) is 2.81. The molecule has 0 nitrogen and oxygen atoms in total. The van der Waals surface area contributed by atoms with Crippen LogP contribution >= 0.6 is 23.2 Å². The second-order valence-corrected chi connectivity index (χ2v) is 1.42. The molecule has 0 saturated heterocycles. The lowest BCUT2D eigenvalue weighted by Crippen LogP contribution is -1.85. The predicted molar refractivity (Wildman–Crippen MR) is 28.6 cm³/mol. The van der Waals surface area contributed by atoms with E-state index in [1.54, 1.807) is 0 Å². The average Bonchev–Trinajstić information content (AvgIpc) is 1.65. The van der Waals surface area contributed by atoms with Crippen molar-refractivity contribution in [2.24, 2.45) is 0 Å².